The van der Waals surface area contributed by atoms with Gasteiger partial charge in [-0.3, -0.25) is 4.79 Å². The fourth-order valence-corrected chi connectivity index (χ4v) is 1.94. The largest absolute Gasteiger partial charge is 0.465 e. The summed E-state index contributed by atoms with van der Waals surface area (Å²) in [5.41, 5.74) is 1.32. The number of anilines is 2. The van der Waals surface area contributed by atoms with Gasteiger partial charge in [-0.15, -0.1) is 0 Å². The predicted octanol–water partition coefficient (Wildman–Crippen LogP) is 1.49. The van der Waals surface area contributed by atoms with Crippen LogP contribution in [0.3, 0.4) is 0 Å². The topological polar surface area (TPSA) is 96.4 Å². The van der Waals surface area contributed by atoms with Crippen molar-refractivity contribution in [3.8, 4) is 0 Å². The van der Waals surface area contributed by atoms with Crippen molar-refractivity contribution in [3.05, 3.63) is 47.8 Å². The maximum Gasteiger partial charge on any atom is 0.337 e. The summed E-state index contributed by atoms with van der Waals surface area (Å²) in [7, 11) is 5.28. The summed E-state index contributed by atoms with van der Waals surface area (Å²) in [4.78, 5) is 33.9. The van der Waals surface area contributed by atoms with E-state index in [1.165, 1.54) is 19.5 Å². The number of carbonyl (C=O) groups is 2. The van der Waals surface area contributed by atoms with Crippen LogP contribution < -0.4 is 10.6 Å². The normalized spacial score (nSPS) is 10.4. The summed E-state index contributed by atoms with van der Waals surface area (Å²) >= 11 is 0. The number of hydrogen-bond donors (Lipinski definition) is 2. The molecular formula is C17H21N5O3. The van der Waals surface area contributed by atoms with E-state index in [2.05, 4.69) is 25.3 Å². The first-order chi connectivity index (χ1) is 12.0. The Morgan fingerprint density at radius 3 is 2.28 bits per heavy atom. The zero-order chi connectivity index (χ0) is 18.2. The van der Waals surface area contributed by atoms with Crippen molar-refractivity contribution in [1.82, 2.24) is 14.9 Å². The van der Waals surface area contributed by atoms with Crippen LogP contribution in [0.25, 0.3) is 0 Å². The highest BCUT2D eigenvalue weighted by Gasteiger charge is 2.09. The van der Waals surface area contributed by atoms with Crippen LogP contribution in [0.1, 0.15) is 20.7 Å². The lowest BCUT2D eigenvalue weighted by Gasteiger charge is -2.10. The number of nitrogens with one attached hydrogen (secondary N) is 2. The minimum absolute atomic E-state index is 0.328. The molecule has 0 saturated carbocycles. The number of esters is 1. The lowest BCUT2D eigenvalue weighted by atomic mass is 10.2. The van der Waals surface area contributed by atoms with Gasteiger partial charge < -0.3 is 20.3 Å². The summed E-state index contributed by atoms with van der Waals surface area (Å²) in [6.45, 7) is 1.57. The predicted molar refractivity (Wildman–Crippen MR) is 94.8 cm³/mol. The first-order valence-corrected chi connectivity index (χ1v) is 7.70. The molecule has 2 N–H and O–H groups in total. The highest BCUT2D eigenvalue weighted by molar-refractivity contribution is 6.04. The van der Waals surface area contributed by atoms with Gasteiger partial charge in [0, 0.05) is 31.2 Å². The van der Waals surface area contributed by atoms with Crippen LogP contribution in [0.5, 0.6) is 0 Å². The molecule has 8 nitrogen and oxygen atoms in total. The summed E-state index contributed by atoms with van der Waals surface area (Å²) in [6.07, 6.45) is 2.92. The van der Waals surface area contributed by atoms with E-state index < -0.39 is 5.97 Å². The monoisotopic (exact) mass is 343 g/mol. The second-order valence-corrected chi connectivity index (χ2v) is 5.55. The van der Waals surface area contributed by atoms with E-state index in [0.717, 1.165) is 6.54 Å². The molecule has 0 aliphatic heterocycles. The molecule has 1 aromatic heterocycles. The number of hydrogen-bond acceptors (Lipinski definition) is 7. The first-order valence-electron chi connectivity index (χ1n) is 7.70. The lowest BCUT2D eigenvalue weighted by molar-refractivity contribution is 0.0600. The van der Waals surface area contributed by atoms with Gasteiger partial charge in [-0.05, 0) is 38.4 Å². The van der Waals surface area contributed by atoms with Gasteiger partial charge >= 0.3 is 5.97 Å². The summed E-state index contributed by atoms with van der Waals surface area (Å²) < 4.78 is 4.63. The molecular weight excluding hydrogens is 322 g/mol. The van der Waals surface area contributed by atoms with Crippen molar-refractivity contribution < 1.29 is 14.3 Å². The summed E-state index contributed by atoms with van der Waals surface area (Å²) in [6, 6.07) is 6.41. The van der Waals surface area contributed by atoms with Crippen LogP contribution in [0.4, 0.5) is 11.6 Å². The van der Waals surface area contributed by atoms with Crippen molar-refractivity contribution in [1.29, 1.82) is 0 Å². The van der Waals surface area contributed by atoms with Crippen LogP contribution >= 0.6 is 0 Å². The molecule has 0 spiro atoms. The molecule has 0 fully saturated rings. The van der Waals surface area contributed by atoms with E-state index >= 15 is 0 Å². The van der Waals surface area contributed by atoms with E-state index in [1.807, 2.05) is 19.0 Å². The lowest BCUT2D eigenvalue weighted by Crippen LogP contribution is -2.21. The molecule has 0 atom stereocenters. The zero-order valence-corrected chi connectivity index (χ0v) is 14.4. The van der Waals surface area contributed by atoms with E-state index in [4.69, 9.17) is 0 Å². The molecule has 0 saturated heterocycles. The van der Waals surface area contributed by atoms with Gasteiger partial charge in [-0.2, -0.15) is 0 Å². The third-order valence-electron chi connectivity index (χ3n) is 3.32. The quantitative estimate of drug-likeness (QED) is 0.735. The Labute approximate surface area is 146 Å². The minimum atomic E-state index is -0.427. The molecule has 8 heteroatoms. The number of methoxy groups -OCH3 is 1. The number of nitrogens with zero attached hydrogens (tertiary/aromatic N) is 3. The van der Waals surface area contributed by atoms with Crippen molar-refractivity contribution in [2.45, 2.75) is 0 Å². The van der Waals surface area contributed by atoms with Gasteiger partial charge in [-0.1, -0.05) is 0 Å². The fraction of sp³-hybridized carbons (Fsp3) is 0.294. The standard InChI is InChI=1S/C17H21N5O3/c1-22(2)9-8-18-17-19-10-13(11-20-17)15(23)21-14-6-4-12(5-7-14)16(24)25-3/h4-7,10-11H,8-9H2,1-3H3,(H,21,23)(H,18,19,20). The van der Waals surface area contributed by atoms with E-state index in [0.29, 0.717) is 29.3 Å². The molecule has 0 aliphatic carbocycles. The van der Waals surface area contributed by atoms with Crippen molar-refractivity contribution in [2.24, 2.45) is 0 Å². The Hall–Kier alpha value is -3.00. The second kappa shape index (κ2) is 8.74. The molecule has 0 unspecified atom stereocenters. The first kappa shape index (κ1) is 18.3. The SMILES string of the molecule is COC(=O)c1ccc(NC(=O)c2cnc(NCCN(C)C)nc2)cc1. The number of rotatable bonds is 7. The Morgan fingerprint density at radius 2 is 1.72 bits per heavy atom. The van der Waals surface area contributed by atoms with Gasteiger partial charge in [-0.25, -0.2) is 14.8 Å². The van der Waals surface area contributed by atoms with E-state index in [-0.39, 0.29) is 5.91 Å². The van der Waals surface area contributed by atoms with Crippen molar-refractivity contribution in [2.75, 3.05) is 44.9 Å². The van der Waals surface area contributed by atoms with Crippen LogP contribution in [0.15, 0.2) is 36.7 Å². The molecule has 2 rings (SSSR count). The number of ether oxygens (including phenoxy) is 1. The highest BCUT2D eigenvalue weighted by atomic mass is 16.5. The Bertz CT molecular complexity index is 714. The van der Waals surface area contributed by atoms with Crippen molar-refractivity contribution in [3.63, 3.8) is 0 Å². The molecule has 2 aromatic rings. The van der Waals surface area contributed by atoms with Gasteiger partial charge in [0.2, 0.25) is 5.95 Å². The highest BCUT2D eigenvalue weighted by Crippen LogP contribution is 2.12. The van der Waals surface area contributed by atoms with Crippen molar-refractivity contribution >= 4 is 23.5 Å². The van der Waals surface area contributed by atoms with E-state index in [1.54, 1.807) is 24.3 Å². The van der Waals surface area contributed by atoms with Crippen LogP contribution in [-0.4, -0.2) is 61.0 Å². The maximum absolute atomic E-state index is 12.2. The minimum Gasteiger partial charge on any atom is -0.465 e. The average Bonchev–Trinajstić information content (AvgIpc) is 2.62. The van der Waals surface area contributed by atoms with Gasteiger partial charge in [0.15, 0.2) is 0 Å². The Balaban J connectivity index is 1.93. The third-order valence-corrected chi connectivity index (χ3v) is 3.32. The fourth-order valence-electron chi connectivity index (χ4n) is 1.94. The smallest absolute Gasteiger partial charge is 0.337 e. The number of aromatic nitrogens is 2. The molecule has 1 amide bonds. The second-order valence-electron chi connectivity index (χ2n) is 5.55. The Morgan fingerprint density at radius 1 is 1.08 bits per heavy atom. The number of carbonyl (C=O) groups excluding carboxylic acids is 2. The molecule has 132 valence electrons. The van der Waals surface area contributed by atoms with E-state index in [9.17, 15) is 9.59 Å². The third kappa shape index (κ3) is 5.54. The molecule has 0 bridgehead atoms. The summed E-state index contributed by atoms with van der Waals surface area (Å²) in [5.74, 6) is -0.282. The molecule has 1 heterocycles. The number of likely N-dealkylation sites (N-methyl/N-ethyl adjacent to an activating group) is 1. The van der Waals surface area contributed by atoms with Crippen LogP contribution in [0.2, 0.25) is 0 Å². The molecule has 25 heavy (non-hydrogen) atoms. The number of amides is 1. The number of benzene rings is 1. The summed E-state index contributed by atoms with van der Waals surface area (Å²) in [5, 5.41) is 5.80. The average molecular weight is 343 g/mol. The van der Waals surface area contributed by atoms with Crippen LogP contribution in [0, 0.1) is 0 Å². The Kier molecular flexibility index (Phi) is 6.41. The zero-order valence-electron chi connectivity index (χ0n) is 14.4. The van der Waals surface area contributed by atoms with Gasteiger partial charge in [0.25, 0.3) is 5.91 Å². The maximum atomic E-state index is 12.2. The molecule has 0 aliphatic rings. The van der Waals surface area contributed by atoms with Gasteiger partial charge in [0.1, 0.15) is 0 Å². The molecule has 0 radical (unpaired) electrons. The van der Waals surface area contributed by atoms with Gasteiger partial charge in [0.05, 0.1) is 18.2 Å². The van der Waals surface area contributed by atoms with Crippen LogP contribution in [-0.2, 0) is 4.74 Å². The molecule has 1 aromatic carbocycles.